The molecule has 0 aromatic carbocycles. The number of pyridine rings is 1. The van der Waals surface area contributed by atoms with Gasteiger partial charge >= 0.3 is 0 Å². The van der Waals surface area contributed by atoms with E-state index in [1.807, 2.05) is 29.2 Å². The van der Waals surface area contributed by atoms with Gasteiger partial charge in [-0.3, -0.25) is 9.59 Å². The third-order valence-corrected chi connectivity index (χ3v) is 5.82. The molecule has 0 bridgehead atoms. The molecule has 2 atom stereocenters. The highest BCUT2D eigenvalue weighted by atomic mass is 16.3. The van der Waals surface area contributed by atoms with Crippen molar-refractivity contribution in [3.63, 3.8) is 0 Å². The van der Waals surface area contributed by atoms with Crippen molar-refractivity contribution < 1.29 is 14.0 Å². The van der Waals surface area contributed by atoms with Gasteiger partial charge in [0.05, 0.1) is 6.26 Å². The molecule has 2 amide bonds. The normalized spacial score (nSPS) is 23.5. The van der Waals surface area contributed by atoms with Gasteiger partial charge in [-0.1, -0.05) is 6.08 Å². The van der Waals surface area contributed by atoms with Crippen LogP contribution in [0.15, 0.2) is 47.2 Å². The van der Waals surface area contributed by atoms with Crippen molar-refractivity contribution in [3.8, 4) is 0 Å². The van der Waals surface area contributed by atoms with E-state index in [9.17, 15) is 9.59 Å². The summed E-state index contributed by atoms with van der Waals surface area (Å²) in [6.07, 6.45) is 11.2. The molecule has 1 N–H and O–H groups in total. The number of anilines is 1. The van der Waals surface area contributed by atoms with Crippen molar-refractivity contribution in [1.29, 1.82) is 0 Å². The fourth-order valence-corrected chi connectivity index (χ4v) is 4.37. The molecule has 0 saturated carbocycles. The lowest BCUT2D eigenvalue weighted by atomic mass is 9.99. The Morgan fingerprint density at radius 3 is 3.07 bits per heavy atom. The van der Waals surface area contributed by atoms with E-state index in [2.05, 4.69) is 16.4 Å². The number of nitrogens with one attached hydrogen (secondary N) is 1. The largest absolute Gasteiger partial charge is 0.465 e. The second kappa shape index (κ2) is 6.78. The first kappa shape index (κ1) is 17.0. The number of carbonyl (C=O) groups excluding carboxylic acids is 2. The third-order valence-electron chi connectivity index (χ3n) is 5.82. The molecule has 6 heteroatoms. The molecule has 28 heavy (non-hydrogen) atoms. The highest BCUT2D eigenvalue weighted by Crippen LogP contribution is 2.41. The van der Waals surface area contributed by atoms with E-state index < -0.39 is 0 Å². The van der Waals surface area contributed by atoms with Crippen molar-refractivity contribution in [1.82, 2.24) is 9.88 Å². The first-order valence-corrected chi connectivity index (χ1v) is 9.66. The first-order chi connectivity index (χ1) is 13.7. The van der Waals surface area contributed by atoms with E-state index >= 15 is 0 Å². The van der Waals surface area contributed by atoms with Crippen LogP contribution < -0.4 is 5.32 Å². The molecule has 5 rings (SSSR count). The van der Waals surface area contributed by atoms with Crippen LogP contribution >= 0.6 is 0 Å². The first-order valence-electron chi connectivity index (χ1n) is 9.66. The zero-order valence-corrected chi connectivity index (χ0v) is 15.4. The van der Waals surface area contributed by atoms with Gasteiger partial charge in [0, 0.05) is 31.8 Å². The minimum absolute atomic E-state index is 0.00214. The number of aryl methyl sites for hydroxylation is 1. The van der Waals surface area contributed by atoms with Gasteiger partial charge in [0.15, 0.2) is 0 Å². The summed E-state index contributed by atoms with van der Waals surface area (Å²) in [6, 6.07) is 5.90. The summed E-state index contributed by atoms with van der Waals surface area (Å²) in [5.41, 5.74) is 3.15. The lowest BCUT2D eigenvalue weighted by molar-refractivity contribution is -0.125. The molecule has 2 aromatic heterocycles. The SMILES string of the molecule is O=C1CCc2cc(/C=C/C(=O)N3CC4C=C(c5ccco5)C[C@H]4C3)cnc2N1. The van der Waals surface area contributed by atoms with Gasteiger partial charge in [-0.2, -0.15) is 0 Å². The van der Waals surface area contributed by atoms with Crippen LogP contribution in [0.25, 0.3) is 11.6 Å². The molecular formula is C22H21N3O3. The minimum atomic E-state index is 0.00214. The van der Waals surface area contributed by atoms with E-state index in [0.717, 1.165) is 36.4 Å². The Hall–Kier alpha value is -3.15. The summed E-state index contributed by atoms with van der Waals surface area (Å²) >= 11 is 0. The summed E-state index contributed by atoms with van der Waals surface area (Å²) in [7, 11) is 0. The molecule has 0 radical (unpaired) electrons. The molecule has 4 heterocycles. The average molecular weight is 375 g/mol. The van der Waals surface area contributed by atoms with Gasteiger partial charge in [-0.25, -0.2) is 4.98 Å². The Balaban J connectivity index is 1.23. The predicted molar refractivity (Wildman–Crippen MR) is 105 cm³/mol. The third kappa shape index (κ3) is 3.15. The maximum absolute atomic E-state index is 12.6. The van der Waals surface area contributed by atoms with Crippen LogP contribution in [0.3, 0.4) is 0 Å². The Morgan fingerprint density at radius 2 is 2.25 bits per heavy atom. The standard InChI is InChI=1S/C22H21N3O3/c26-20-5-4-15-8-14(11-23-22(15)24-20)3-6-21(27)25-12-17-9-16(10-18(17)13-25)19-2-1-7-28-19/h1-3,6-9,11,17-18H,4-5,10,12-13H2,(H,23,24,26)/b6-3+/t17?,18-/m0/s1. The van der Waals surface area contributed by atoms with Crippen molar-refractivity contribution >= 4 is 29.3 Å². The quantitative estimate of drug-likeness (QED) is 0.837. The van der Waals surface area contributed by atoms with Gasteiger partial charge < -0.3 is 14.6 Å². The van der Waals surface area contributed by atoms with Gasteiger partial charge in [-0.05, 0) is 65.7 Å². The molecule has 6 nitrogen and oxygen atoms in total. The average Bonchev–Trinajstić information content (AvgIpc) is 3.41. The van der Waals surface area contributed by atoms with Crippen molar-refractivity contribution in [2.45, 2.75) is 19.3 Å². The second-order valence-corrected chi connectivity index (χ2v) is 7.70. The molecule has 1 aliphatic carbocycles. The number of fused-ring (bicyclic) bond motifs is 2. The van der Waals surface area contributed by atoms with E-state index in [1.54, 1.807) is 18.5 Å². The van der Waals surface area contributed by atoms with Crippen LogP contribution in [0.5, 0.6) is 0 Å². The number of carbonyl (C=O) groups is 2. The van der Waals surface area contributed by atoms with Crippen LogP contribution in [0.4, 0.5) is 5.82 Å². The van der Waals surface area contributed by atoms with Gasteiger partial charge in [0.2, 0.25) is 11.8 Å². The zero-order chi connectivity index (χ0) is 19.1. The Labute approximate surface area is 162 Å². The van der Waals surface area contributed by atoms with Crippen LogP contribution in [0, 0.1) is 11.8 Å². The van der Waals surface area contributed by atoms with Gasteiger partial charge in [0.25, 0.3) is 0 Å². The van der Waals surface area contributed by atoms with E-state index in [-0.39, 0.29) is 11.8 Å². The number of hydrogen-bond acceptors (Lipinski definition) is 4. The lowest BCUT2D eigenvalue weighted by Crippen LogP contribution is -2.27. The number of rotatable bonds is 3. The molecule has 1 unspecified atom stereocenters. The number of aromatic nitrogens is 1. The lowest BCUT2D eigenvalue weighted by Gasteiger charge is -2.16. The number of furan rings is 1. The smallest absolute Gasteiger partial charge is 0.246 e. The van der Waals surface area contributed by atoms with Gasteiger partial charge in [0.1, 0.15) is 11.6 Å². The summed E-state index contributed by atoms with van der Waals surface area (Å²) in [5, 5.41) is 2.77. The molecule has 2 aliphatic heterocycles. The van der Waals surface area contributed by atoms with Crippen LogP contribution in [0.2, 0.25) is 0 Å². The fraction of sp³-hybridized carbons (Fsp3) is 0.318. The Kier molecular flexibility index (Phi) is 4.11. The molecule has 0 spiro atoms. The summed E-state index contributed by atoms with van der Waals surface area (Å²) in [4.78, 5) is 30.3. The summed E-state index contributed by atoms with van der Waals surface area (Å²) < 4.78 is 5.50. The predicted octanol–water partition coefficient (Wildman–Crippen LogP) is 3.13. The van der Waals surface area contributed by atoms with E-state index in [4.69, 9.17) is 4.42 Å². The highest BCUT2D eigenvalue weighted by Gasteiger charge is 2.38. The highest BCUT2D eigenvalue weighted by molar-refractivity contribution is 5.94. The molecule has 1 saturated heterocycles. The van der Waals surface area contributed by atoms with Crippen LogP contribution in [-0.4, -0.2) is 34.8 Å². The van der Waals surface area contributed by atoms with E-state index in [0.29, 0.717) is 30.5 Å². The zero-order valence-electron chi connectivity index (χ0n) is 15.4. The van der Waals surface area contributed by atoms with Crippen molar-refractivity contribution in [3.05, 3.63) is 59.7 Å². The number of allylic oxidation sites excluding steroid dienone is 1. The second-order valence-electron chi connectivity index (χ2n) is 7.70. The molecule has 3 aliphatic rings. The number of hydrogen-bond donors (Lipinski definition) is 1. The van der Waals surface area contributed by atoms with Crippen molar-refractivity contribution in [2.24, 2.45) is 11.8 Å². The van der Waals surface area contributed by atoms with Crippen molar-refractivity contribution in [2.75, 3.05) is 18.4 Å². The molecule has 142 valence electrons. The van der Waals surface area contributed by atoms with E-state index in [1.165, 1.54) is 5.57 Å². The van der Waals surface area contributed by atoms with Crippen LogP contribution in [0.1, 0.15) is 29.7 Å². The molecular weight excluding hydrogens is 354 g/mol. The number of nitrogens with zero attached hydrogens (tertiary/aromatic N) is 2. The maximum Gasteiger partial charge on any atom is 0.246 e. The van der Waals surface area contributed by atoms with Crippen LogP contribution in [-0.2, 0) is 16.0 Å². The summed E-state index contributed by atoms with van der Waals surface area (Å²) in [5.74, 6) is 2.50. The molecule has 2 aromatic rings. The minimum Gasteiger partial charge on any atom is -0.465 e. The van der Waals surface area contributed by atoms with Gasteiger partial charge in [-0.15, -0.1) is 0 Å². The Bertz CT molecular complexity index is 990. The topological polar surface area (TPSA) is 75.4 Å². The fourth-order valence-electron chi connectivity index (χ4n) is 4.37. The monoisotopic (exact) mass is 375 g/mol. The maximum atomic E-state index is 12.6. The molecule has 1 fully saturated rings. The summed E-state index contributed by atoms with van der Waals surface area (Å²) in [6.45, 7) is 1.54. The number of amides is 2. The number of likely N-dealkylation sites (tertiary alicyclic amines) is 1. The Morgan fingerprint density at radius 1 is 1.32 bits per heavy atom.